The highest BCUT2D eigenvalue weighted by Gasteiger charge is 2.35. The van der Waals surface area contributed by atoms with Crippen molar-refractivity contribution in [3.05, 3.63) is 61.5 Å². The second kappa shape index (κ2) is 5.69. The Morgan fingerprint density at radius 1 is 0.957 bits per heavy atom. The SMILES string of the molecule is CC(=O)N(C)c1c(Br)cc(Br)c2c1C(=O)c1ccccc1C2=O. The zero-order valence-corrected chi connectivity index (χ0v) is 15.5. The molecule has 3 rings (SSSR count). The highest BCUT2D eigenvalue weighted by Crippen LogP contribution is 2.42. The van der Waals surface area contributed by atoms with Crippen molar-refractivity contribution in [2.45, 2.75) is 6.92 Å². The van der Waals surface area contributed by atoms with Crippen LogP contribution in [0.4, 0.5) is 5.69 Å². The Kier molecular flexibility index (Phi) is 3.98. The molecule has 0 aromatic heterocycles. The van der Waals surface area contributed by atoms with E-state index in [2.05, 4.69) is 31.9 Å². The molecule has 116 valence electrons. The van der Waals surface area contributed by atoms with Crippen molar-refractivity contribution in [2.75, 3.05) is 11.9 Å². The fraction of sp³-hybridized carbons (Fsp3) is 0.118. The number of ketones is 2. The summed E-state index contributed by atoms with van der Waals surface area (Å²) in [7, 11) is 1.58. The predicted molar refractivity (Wildman–Crippen MR) is 94.2 cm³/mol. The Morgan fingerprint density at radius 3 is 2.00 bits per heavy atom. The van der Waals surface area contributed by atoms with E-state index in [1.807, 2.05) is 0 Å². The van der Waals surface area contributed by atoms with Crippen LogP contribution in [-0.2, 0) is 4.79 Å². The Morgan fingerprint density at radius 2 is 1.48 bits per heavy atom. The molecule has 2 aromatic carbocycles. The third kappa shape index (κ3) is 2.37. The summed E-state index contributed by atoms with van der Waals surface area (Å²) >= 11 is 6.76. The van der Waals surface area contributed by atoms with Gasteiger partial charge in [0.1, 0.15) is 0 Å². The van der Waals surface area contributed by atoms with Gasteiger partial charge < -0.3 is 4.90 Å². The van der Waals surface area contributed by atoms with Gasteiger partial charge in [-0.25, -0.2) is 0 Å². The molecule has 0 heterocycles. The minimum Gasteiger partial charge on any atom is -0.314 e. The topological polar surface area (TPSA) is 54.5 Å². The first-order chi connectivity index (χ1) is 10.8. The number of amides is 1. The molecule has 0 saturated heterocycles. The normalized spacial score (nSPS) is 12.7. The summed E-state index contributed by atoms with van der Waals surface area (Å²) in [5, 5.41) is 0. The van der Waals surface area contributed by atoms with E-state index in [4.69, 9.17) is 0 Å². The molecular formula is C17H11Br2NO3. The Hall–Kier alpha value is -1.79. The van der Waals surface area contributed by atoms with Gasteiger partial charge in [0.2, 0.25) is 5.91 Å². The van der Waals surface area contributed by atoms with Crippen molar-refractivity contribution in [1.82, 2.24) is 0 Å². The number of hydrogen-bond donors (Lipinski definition) is 0. The van der Waals surface area contributed by atoms with Crippen LogP contribution in [0, 0.1) is 0 Å². The van der Waals surface area contributed by atoms with Crippen molar-refractivity contribution < 1.29 is 14.4 Å². The molecule has 0 N–H and O–H groups in total. The molecule has 0 aliphatic heterocycles. The Bertz CT molecular complexity index is 890. The molecule has 1 amide bonds. The summed E-state index contributed by atoms with van der Waals surface area (Å²) in [6, 6.07) is 8.40. The van der Waals surface area contributed by atoms with Crippen LogP contribution < -0.4 is 4.90 Å². The molecule has 4 nitrogen and oxygen atoms in total. The van der Waals surface area contributed by atoms with Gasteiger partial charge in [0.15, 0.2) is 11.6 Å². The maximum Gasteiger partial charge on any atom is 0.223 e. The highest BCUT2D eigenvalue weighted by atomic mass is 79.9. The average molecular weight is 437 g/mol. The van der Waals surface area contributed by atoms with Gasteiger partial charge in [0.05, 0.1) is 16.8 Å². The van der Waals surface area contributed by atoms with Crippen LogP contribution >= 0.6 is 31.9 Å². The molecule has 1 aliphatic rings. The first-order valence-electron chi connectivity index (χ1n) is 6.79. The first-order valence-corrected chi connectivity index (χ1v) is 8.38. The Labute approximate surface area is 149 Å². The van der Waals surface area contributed by atoms with E-state index >= 15 is 0 Å². The molecule has 1 aliphatic carbocycles. The van der Waals surface area contributed by atoms with Gasteiger partial charge in [-0.3, -0.25) is 14.4 Å². The number of carbonyl (C=O) groups is 3. The number of halogens is 2. The van der Waals surface area contributed by atoms with E-state index < -0.39 is 0 Å². The molecule has 0 bridgehead atoms. The predicted octanol–water partition coefficient (Wildman–Crippen LogP) is 3.97. The van der Waals surface area contributed by atoms with Crippen LogP contribution in [0.15, 0.2) is 39.3 Å². The zero-order chi connectivity index (χ0) is 16.9. The fourth-order valence-corrected chi connectivity index (χ4v) is 4.29. The highest BCUT2D eigenvalue weighted by molar-refractivity contribution is 9.11. The van der Waals surface area contributed by atoms with Gasteiger partial charge in [-0.2, -0.15) is 0 Å². The lowest BCUT2D eigenvalue weighted by molar-refractivity contribution is -0.116. The zero-order valence-electron chi connectivity index (χ0n) is 12.3. The van der Waals surface area contributed by atoms with E-state index in [-0.39, 0.29) is 23.0 Å². The Balaban J connectivity index is 2.40. The van der Waals surface area contributed by atoms with E-state index in [0.717, 1.165) is 0 Å². The maximum absolute atomic E-state index is 13.0. The molecule has 0 atom stereocenters. The van der Waals surface area contributed by atoms with Crippen molar-refractivity contribution in [1.29, 1.82) is 0 Å². The average Bonchev–Trinajstić information content (AvgIpc) is 2.51. The number of nitrogens with zero attached hydrogens (tertiary/aromatic N) is 1. The molecule has 0 saturated carbocycles. The van der Waals surface area contributed by atoms with Crippen molar-refractivity contribution in [3.63, 3.8) is 0 Å². The van der Waals surface area contributed by atoms with E-state index in [0.29, 0.717) is 31.3 Å². The van der Waals surface area contributed by atoms with Crippen LogP contribution in [0.5, 0.6) is 0 Å². The van der Waals surface area contributed by atoms with Crippen LogP contribution in [0.3, 0.4) is 0 Å². The summed E-state index contributed by atoms with van der Waals surface area (Å²) < 4.78 is 1.09. The molecule has 0 radical (unpaired) electrons. The summed E-state index contributed by atoms with van der Waals surface area (Å²) in [4.78, 5) is 39.0. The summed E-state index contributed by atoms with van der Waals surface area (Å²) in [6.07, 6.45) is 0. The van der Waals surface area contributed by atoms with Crippen LogP contribution in [0.2, 0.25) is 0 Å². The molecular weight excluding hydrogens is 426 g/mol. The monoisotopic (exact) mass is 435 g/mol. The van der Waals surface area contributed by atoms with E-state index in [1.54, 1.807) is 37.4 Å². The lowest BCUT2D eigenvalue weighted by Crippen LogP contribution is -2.29. The van der Waals surface area contributed by atoms with Crippen LogP contribution in [0.1, 0.15) is 38.8 Å². The summed E-state index contributed by atoms with van der Waals surface area (Å²) in [5.74, 6) is -0.720. The third-order valence-corrected chi connectivity index (χ3v) is 5.11. The largest absolute Gasteiger partial charge is 0.314 e. The number of carbonyl (C=O) groups excluding carboxylic acids is 3. The fourth-order valence-electron chi connectivity index (χ4n) is 2.69. The number of hydrogen-bond acceptors (Lipinski definition) is 3. The minimum atomic E-state index is -0.264. The van der Waals surface area contributed by atoms with Gasteiger partial charge in [-0.15, -0.1) is 0 Å². The minimum absolute atomic E-state index is 0.227. The van der Waals surface area contributed by atoms with Crippen molar-refractivity contribution in [2.24, 2.45) is 0 Å². The van der Waals surface area contributed by atoms with E-state index in [1.165, 1.54) is 11.8 Å². The quantitative estimate of drug-likeness (QED) is 0.579. The van der Waals surface area contributed by atoms with Crippen LogP contribution in [0.25, 0.3) is 0 Å². The van der Waals surface area contributed by atoms with Crippen LogP contribution in [-0.4, -0.2) is 24.5 Å². The molecule has 0 unspecified atom stereocenters. The number of rotatable bonds is 1. The second-order valence-electron chi connectivity index (χ2n) is 5.22. The van der Waals surface area contributed by atoms with Gasteiger partial charge in [0, 0.05) is 34.0 Å². The second-order valence-corrected chi connectivity index (χ2v) is 6.93. The van der Waals surface area contributed by atoms with Gasteiger partial charge in [-0.05, 0) is 37.9 Å². The number of benzene rings is 2. The van der Waals surface area contributed by atoms with Gasteiger partial charge in [0.25, 0.3) is 0 Å². The van der Waals surface area contributed by atoms with Gasteiger partial charge in [-0.1, -0.05) is 24.3 Å². The smallest absolute Gasteiger partial charge is 0.223 e. The lowest BCUT2D eigenvalue weighted by atomic mass is 9.83. The first kappa shape index (κ1) is 16.1. The molecule has 0 spiro atoms. The number of anilines is 1. The van der Waals surface area contributed by atoms with E-state index in [9.17, 15) is 14.4 Å². The summed E-state index contributed by atoms with van der Waals surface area (Å²) in [5.41, 5.74) is 1.67. The standard InChI is InChI=1S/C17H11Br2NO3/c1-8(21)20(2)15-12(19)7-11(18)13-14(15)17(23)10-6-4-3-5-9(10)16(13)22/h3-7H,1-2H3. The summed E-state index contributed by atoms with van der Waals surface area (Å²) in [6.45, 7) is 1.41. The molecule has 6 heteroatoms. The van der Waals surface area contributed by atoms with Crippen molar-refractivity contribution >= 4 is 55.0 Å². The number of fused-ring (bicyclic) bond motifs is 2. The van der Waals surface area contributed by atoms with Gasteiger partial charge >= 0.3 is 0 Å². The molecule has 2 aromatic rings. The molecule has 0 fully saturated rings. The maximum atomic E-state index is 13.0. The lowest BCUT2D eigenvalue weighted by Gasteiger charge is -2.26. The molecule has 23 heavy (non-hydrogen) atoms. The third-order valence-electron chi connectivity index (χ3n) is 3.88. The van der Waals surface area contributed by atoms with Crippen molar-refractivity contribution in [3.8, 4) is 0 Å².